The number of hydrogen-bond acceptors (Lipinski definition) is 5. The summed E-state index contributed by atoms with van der Waals surface area (Å²) in [6.45, 7) is 5.79. The average molecular weight is 371 g/mol. The van der Waals surface area contributed by atoms with Gasteiger partial charge in [0.2, 0.25) is 0 Å². The van der Waals surface area contributed by atoms with Gasteiger partial charge in [0.1, 0.15) is 12.2 Å². The lowest BCUT2D eigenvalue weighted by molar-refractivity contribution is 0.0471. The number of ether oxygens (including phenoxy) is 3. The minimum absolute atomic E-state index is 0.175. The van der Waals surface area contributed by atoms with Crippen molar-refractivity contribution >= 4 is 17.7 Å². The maximum absolute atomic E-state index is 12.4. The summed E-state index contributed by atoms with van der Waals surface area (Å²) in [6.07, 6.45) is -0.602. The van der Waals surface area contributed by atoms with Crippen molar-refractivity contribution in [2.45, 2.75) is 39.6 Å². The fraction of sp³-hybridized carbons (Fsp3) is 0.333. The molecule has 0 aliphatic carbocycles. The number of hydrogen-bond donors (Lipinski definition) is 1. The molecular weight excluding hydrogens is 346 g/mol. The van der Waals surface area contributed by atoms with Gasteiger partial charge in [0.25, 0.3) is 0 Å². The van der Waals surface area contributed by atoms with Crippen LogP contribution in [-0.4, -0.2) is 24.8 Å². The molecule has 144 valence electrons. The van der Waals surface area contributed by atoms with Crippen molar-refractivity contribution in [3.8, 4) is 0 Å². The van der Waals surface area contributed by atoms with Gasteiger partial charge in [-0.2, -0.15) is 0 Å². The van der Waals surface area contributed by atoms with Crippen LogP contribution in [0.15, 0.2) is 48.5 Å². The van der Waals surface area contributed by atoms with Gasteiger partial charge < -0.3 is 14.2 Å². The van der Waals surface area contributed by atoms with Gasteiger partial charge in [0, 0.05) is 12.7 Å². The number of methoxy groups -OCH3 is 1. The molecule has 0 aliphatic heterocycles. The molecule has 0 radical (unpaired) electrons. The molecule has 0 aliphatic rings. The molecule has 1 N–H and O–H groups in total. The fourth-order valence-corrected chi connectivity index (χ4v) is 2.32. The summed E-state index contributed by atoms with van der Waals surface area (Å²) in [7, 11) is 1.55. The molecule has 1 amide bonds. The van der Waals surface area contributed by atoms with E-state index in [9.17, 15) is 9.59 Å². The summed E-state index contributed by atoms with van der Waals surface area (Å²) in [6, 6.07) is 14.3. The lowest BCUT2D eigenvalue weighted by Crippen LogP contribution is -2.27. The first-order chi connectivity index (χ1) is 12.8. The predicted octanol–water partition coefficient (Wildman–Crippen LogP) is 4.54. The van der Waals surface area contributed by atoms with E-state index >= 15 is 0 Å². The molecular formula is C21H25NO5. The van der Waals surface area contributed by atoms with Crippen molar-refractivity contribution < 1.29 is 23.8 Å². The van der Waals surface area contributed by atoms with Crippen LogP contribution in [0.25, 0.3) is 0 Å². The van der Waals surface area contributed by atoms with E-state index in [4.69, 9.17) is 14.2 Å². The highest BCUT2D eigenvalue weighted by atomic mass is 16.6. The first kappa shape index (κ1) is 20.5. The van der Waals surface area contributed by atoms with E-state index in [0.717, 1.165) is 11.1 Å². The topological polar surface area (TPSA) is 73.9 Å². The SMILES string of the molecule is COCc1ccc(C(=O)OCc2ccccc2)cc1NC(=O)OC(C)(C)C. The third kappa shape index (κ3) is 6.75. The van der Waals surface area contributed by atoms with E-state index in [0.29, 0.717) is 11.3 Å². The quantitative estimate of drug-likeness (QED) is 0.755. The molecule has 2 aromatic rings. The van der Waals surface area contributed by atoms with Crippen LogP contribution in [0.2, 0.25) is 0 Å². The molecule has 6 heteroatoms. The molecule has 0 heterocycles. The standard InChI is InChI=1S/C21H25NO5/c1-21(2,3)27-20(24)22-18-12-16(10-11-17(18)14-25-4)19(23)26-13-15-8-6-5-7-9-15/h5-12H,13-14H2,1-4H3,(H,22,24). The summed E-state index contributed by atoms with van der Waals surface area (Å²) in [5.41, 5.74) is 1.77. The minimum atomic E-state index is -0.627. The zero-order valence-electron chi connectivity index (χ0n) is 16.1. The number of rotatable bonds is 6. The Kier molecular flexibility index (Phi) is 6.96. The first-order valence-corrected chi connectivity index (χ1v) is 8.61. The summed E-state index contributed by atoms with van der Waals surface area (Å²) < 4.78 is 15.8. The molecule has 0 saturated heterocycles. The predicted molar refractivity (Wildman–Crippen MR) is 103 cm³/mol. The van der Waals surface area contributed by atoms with E-state index in [1.54, 1.807) is 46.1 Å². The van der Waals surface area contributed by atoms with Crippen LogP contribution in [0, 0.1) is 0 Å². The summed E-state index contributed by atoms with van der Waals surface area (Å²) in [4.78, 5) is 24.4. The van der Waals surface area contributed by atoms with Gasteiger partial charge in [-0.3, -0.25) is 5.32 Å². The number of amides is 1. The van der Waals surface area contributed by atoms with Gasteiger partial charge in [-0.05, 0) is 38.5 Å². The minimum Gasteiger partial charge on any atom is -0.457 e. The Hall–Kier alpha value is -2.86. The maximum atomic E-state index is 12.4. The van der Waals surface area contributed by atoms with Crippen LogP contribution in [0.4, 0.5) is 10.5 Å². The highest BCUT2D eigenvalue weighted by molar-refractivity contribution is 5.93. The number of nitrogens with one attached hydrogen (secondary N) is 1. The number of carbonyl (C=O) groups excluding carboxylic acids is 2. The Bertz CT molecular complexity index is 781. The van der Waals surface area contributed by atoms with Gasteiger partial charge in [-0.25, -0.2) is 9.59 Å². The average Bonchev–Trinajstić information content (AvgIpc) is 2.60. The third-order valence-corrected chi connectivity index (χ3v) is 3.49. The molecule has 0 saturated carbocycles. The largest absolute Gasteiger partial charge is 0.457 e. The lowest BCUT2D eigenvalue weighted by atomic mass is 10.1. The Morgan fingerprint density at radius 2 is 1.70 bits per heavy atom. The summed E-state index contributed by atoms with van der Waals surface area (Å²) >= 11 is 0. The Morgan fingerprint density at radius 1 is 1.00 bits per heavy atom. The van der Waals surface area contributed by atoms with Gasteiger partial charge >= 0.3 is 12.1 Å². The number of anilines is 1. The molecule has 0 fully saturated rings. The van der Waals surface area contributed by atoms with Gasteiger partial charge in [-0.1, -0.05) is 36.4 Å². The first-order valence-electron chi connectivity index (χ1n) is 8.61. The van der Waals surface area contributed by atoms with E-state index in [2.05, 4.69) is 5.32 Å². The normalized spacial score (nSPS) is 11.0. The van der Waals surface area contributed by atoms with Crippen LogP contribution in [-0.2, 0) is 27.4 Å². The summed E-state index contributed by atoms with van der Waals surface area (Å²) in [5, 5.41) is 2.67. The van der Waals surface area contributed by atoms with Crippen molar-refractivity contribution in [1.29, 1.82) is 0 Å². The van der Waals surface area contributed by atoms with E-state index < -0.39 is 17.7 Å². The van der Waals surface area contributed by atoms with E-state index in [1.807, 2.05) is 30.3 Å². The molecule has 2 rings (SSSR count). The third-order valence-electron chi connectivity index (χ3n) is 3.49. The molecule has 6 nitrogen and oxygen atoms in total. The van der Waals surface area contributed by atoms with Crippen LogP contribution in [0.3, 0.4) is 0 Å². The smallest absolute Gasteiger partial charge is 0.412 e. The lowest BCUT2D eigenvalue weighted by Gasteiger charge is -2.20. The Morgan fingerprint density at radius 3 is 2.33 bits per heavy atom. The van der Waals surface area contributed by atoms with Crippen molar-refractivity contribution in [3.63, 3.8) is 0 Å². The Balaban J connectivity index is 2.12. The maximum Gasteiger partial charge on any atom is 0.412 e. The molecule has 0 aromatic heterocycles. The van der Waals surface area contributed by atoms with Crippen LogP contribution in [0.1, 0.15) is 42.3 Å². The molecule has 27 heavy (non-hydrogen) atoms. The molecule has 0 spiro atoms. The highest BCUT2D eigenvalue weighted by Gasteiger charge is 2.18. The van der Waals surface area contributed by atoms with E-state index in [1.165, 1.54) is 0 Å². The second-order valence-electron chi connectivity index (χ2n) is 6.99. The number of esters is 1. The van der Waals surface area contributed by atoms with Crippen LogP contribution in [0.5, 0.6) is 0 Å². The molecule has 2 aromatic carbocycles. The number of benzene rings is 2. The van der Waals surface area contributed by atoms with Gasteiger partial charge in [-0.15, -0.1) is 0 Å². The van der Waals surface area contributed by atoms with Crippen LogP contribution < -0.4 is 5.32 Å². The second kappa shape index (κ2) is 9.19. The number of carbonyl (C=O) groups is 2. The molecule has 0 bridgehead atoms. The molecule has 0 atom stereocenters. The van der Waals surface area contributed by atoms with Crippen LogP contribution >= 0.6 is 0 Å². The van der Waals surface area contributed by atoms with E-state index in [-0.39, 0.29) is 13.2 Å². The zero-order valence-corrected chi connectivity index (χ0v) is 16.1. The molecule has 0 unspecified atom stereocenters. The van der Waals surface area contributed by atoms with Crippen molar-refractivity contribution in [2.24, 2.45) is 0 Å². The zero-order chi connectivity index (χ0) is 19.9. The fourth-order valence-electron chi connectivity index (χ4n) is 2.32. The highest BCUT2D eigenvalue weighted by Crippen LogP contribution is 2.21. The van der Waals surface area contributed by atoms with Gasteiger partial charge in [0.05, 0.1) is 17.9 Å². The van der Waals surface area contributed by atoms with Crippen molar-refractivity contribution in [3.05, 3.63) is 65.2 Å². The monoisotopic (exact) mass is 371 g/mol. The summed E-state index contributed by atoms with van der Waals surface area (Å²) in [5.74, 6) is -0.477. The Labute approximate surface area is 159 Å². The second-order valence-corrected chi connectivity index (χ2v) is 6.99. The van der Waals surface area contributed by atoms with Crippen molar-refractivity contribution in [2.75, 3.05) is 12.4 Å². The van der Waals surface area contributed by atoms with Crippen molar-refractivity contribution in [1.82, 2.24) is 0 Å². The van der Waals surface area contributed by atoms with Gasteiger partial charge in [0.15, 0.2) is 0 Å².